The topological polar surface area (TPSA) is 72.5 Å². The van der Waals surface area contributed by atoms with Crippen LogP contribution >= 0.6 is 0 Å². The molecule has 0 spiro atoms. The summed E-state index contributed by atoms with van der Waals surface area (Å²) in [6.45, 7) is 4.31. The molecule has 1 N–H and O–H groups in total. The Morgan fingerprint density at radius 1 is 0.833 bits per heavy atom. The Hall–Kier alpha value is -3.73. The lowest BCUT2D eigenvalue weighted by Crippen LogP contribution is -2.13. The molecule has 0 radical (unpaired) electrons. The maximum Gasteiger partial charge on any atom is 0.338 e. The smallest absolute Gasteiger partial charge is 0.338 e. The van der Waals surface area contributed by atoms with E-state index >= 15 is 0 Å². The first-order valence-corrected chi connectivity index (χ1v) is 9.80. The number of ketones is 1. The van der Waals surface area contributed by atoms with E-state index in [2.05, 4.69) is 5.32 Å². The molecule has 0 heterocycles. The van der Waals surface area contributed by atoms with Gasteiger partial charge in [0.05, 0.1) is 12.2 Å². The summed E-state index contributed by atoms with van der Waals surface area (Å²) in [7, 11) is 0. The third-order valence-corrected chi connectivity index (χ3v) is 4.91. The van der Waals surface area contributed by atoms with Crippen LogP contribution in [0.3, 0.4) is 0 Å². The van der Waals surface area contributed by atoms with Crippen LogP contribution in [0.1, 0.15) is 50.5 Å². The van der Waals surface area contributed by atoms with Gasteiger partial charge in [-0.2, -0.15) is 0 Å². The minimum atomic E-state index is -0.386. The maximum absolute atomic E-state index is 12.7. The average molecular weight is 399 g/mol. The fraction of sp³-hybridized carbons (Fsp3) is 0.160. The lowest BCUT2D eigenvalue weighted by atomic mass is 10.0. The first-order chi connectivity index (χ1) is 14.4. The van der Waals surface area contributed by atoms with Crippen molar-refractivity contribution in [2.45, 2.75) is 13.8 Å². The van der Waals surface area contributed by atoms with Crippen LogP contribution in [-0.2, 0) is 4.74 Å². The van der Waals surface area contributed by atoms with Crippen LogP contribution in [0.4, 0.5) is 5.69 Å². The van der Waals surface area contributed by atoms with E-state index in [4.69, 9.17) is 4.74 Å². The Morgan fingerprint density at radius 2 is 1.47 bits per heavy atom. The molecule has 0 fully saturated rings. The lowest BCUT2D eigenvalue weighted by Gasteiger charge is -2.09. The standard InChI is InChI=1S/C25H21NO4/c1-15(2)14-30-25(29)16-7-10-18(11-8-16)26-24(28)17-9-12-21-22(13-17)19-5-3-4-6-20(19)23(21)27/h3-13,15H,14H2,1-2H3,(H,26,28). The van der Waals surface area contributed by atoms with Crippen LogP contribution in [-0.4, -0.2) is 24.3 Å². The zero-order valence-corrected chi connectivity index (χ0v) is 16.8. The lowest BCUT2D eigenvalue weighted by molar-refractivity contribution is 0.0459. The molecular formula is C25H21NO4. The normalized spacial score (nSPS) is 11.8. The Labute approximate surface area is 174 Å². The van der Waals surface area contributed by atoms with Gasteiger partial charge in [0.25, 0.3) is 5.91 Å². The van der Waals surface area contributed by atoms with Crippen molar-refractivity contribution in [2.75, 3.05) is 11.9 Å². The zero-order valence-electron chi connectivity index (χ0n) is 16.8. The van der Waals surface area contributed by atoms with Crippen LogP contribution in [0.2, 0.25) is 0 Å². The number of rotatable bonds is 5. The molecule has 0 saturated heterocycles. The second-order valence-electron chi connectivity index (χ2n) is 7.66. The number of anilines is 1. The summed E-state index contributed by atoms with van der Waals surface area (Å²) in [5, 5.41) is 2.82. The predicted molar refractivity (Wildman–Crippen MR) is 115 cm³/mol. The average Bonchev–Trinajstić information content (AvgIpc) is 3.04. The van der Waals surface area contributed by atoms with Crippen LogP contribution < -0.4 is 5.32 Å². The van der Waals surface area contributed by atoms with Crippen molar-refractivity contribution >= 4 is 23.3 Å². The van der Waals surface area contributed by atoms with Gasteiger partial charge in [-0.05, 0) is 59.5 Å². The largest absolute Gasteiger partial charge is 0.462 e. The van der Waals surface area contributed by atoms with Gasteiger partial charge in [0.2, 0.25) is 0 Å². The van der Waals surface area contributed by atoms with E-state index in [9.17, 15) is 14.4 Å². The highest BCUT2D eigenvalue weighted by Crippen LogP contribution is 2.36. The molecule has 30 heavy (non-hydrogen) atoms. The summed E-state index contributed by atoms with van der Waals surface area (Å²) in [5.74, 6) is -0.428. The van der Waals surface area contributed by atoms with E-state index in [0.717, 1.165) is 11.1 Å². The fourth-order valence-electron chi connectivity index (χ4n) is 3.39. The Morgan fingerprint density at radius 3 is 2.17 bits per heavy atom. The van der Waals surface area contributed by atoms with Crippen molar-refractivity contribution in [1.82, 2.24) is 0 Å². The highest BCUT2D eigenvalue weighted by Gasteiger charge is 2.26. The fourth-order valence-corrected chi connectivity index (χ4v) is 3.39. The summed E-state index contributed by atoms with van der Waals surface area (Å²) in [5.41, 5.74) is 4.34. The second-order valence-corrected chi connectivity index (χ2v) is 7.66. The number of hydrogen-bond acceptors (Lipinski definition) is 4. The molecule has 0 unspecified atom stereocenters. The molecular weight excluding hydrogens is 378 g/mol. The van der Waals surface area contributed by atoms with Gasteiger partial charge in [-0.15, -0.1) is 0 Å². The van der Waals surface area contributed by atoms with Gasteiger partial charge in [0.15, 0.2) is 5.78 Å². The third kappa shape index (κ3) is 3.74. The van der Waals surface area contributed by atoms with Crippen molar-refractivity contribution in [3.8, 4) is 11.1 Å². The molecule has 150 valence electrons. The second kappa shape index (κ2) is 7.95. The summed E-state index contributed by atoms with van der Waals surface area (Å²) < 4.78 is 5.21. The molecule has 5 heteroatoms. The molecule has 0 bridgehead atoms. The molecule has 0 atom stereocenters. The zero-order chi connectivity index (χ0) is 21.3. The van der Waals surface area contributed by atoms with Crippen molar-refractivity contribution < 1.29 is 19.1 Å². The number of carbonyl (C=O) groups excluding carboxylic acids is 3. The molecule has 4 rings (SSSR count). The quantitative estimate of drug-likeness (QED) is 0.481. The van der Waals surface area contributed by atoms with Gasteiger partial charge in [-0.3, -0.25) is 9.59 Å². The molecule has 5 nitrogen and oxygen atoms in total. The number of hydrogen-bond donors (Lipinski definition) is 1. The Balaban J connectivity index is 1.49. The van der Waals surface area contributed by atoms with E-state index in [-0.39, 0.29) is 23.6 Å². The molecule has 1 amide bonds. The van der Waals surface area contributed by atoms with Crippen molar-refractivity contribution in [2.24, 2.45) is 5.92 Å². The number of esters is 1. The molecule has 1 aliphatic carbocycles. The SMILES string of the molecule is CC(C)COC(=O)c1ccc(NC(=O)c2ccc3c(c2)-c2ccccc2C3=O)cc1. The number of ether oxygens (including phenoxy) is 1. The van der Waals surface area contributed by atoms with E-state index in [1.807, 2.05) is 32.0 Å². The molecule has 0 aromatic heterocycles. The molecule has 3 aromatic carbocycles. The highest BCUT2D eigenvalue weighted by atomic mass is 16.5. The first kappa shape index (κ1) is 19.6. The van der Waals surface area contributed by atoms with Gasteiger partial charge in [-0.25, -0.2) is 4.79 Å². The predicted octanol–water partition coefficient (Wildman–Crippen LogP) is 4.96. The van der Waals surface area contributed by atoms with Crippen LogP contribution in [0.5, 0.6) is 0 Å². The molecule has 0 aliphatic heterocycles. The van der Waals surface area contributed by atoms with Gasteiger partial charge in [0, 0.05) is 22.4 Å². The molecule has 0 saturated carbocycles. The Bertz CT molecular complexity index is 1150. The van der Waals surface area contributed by atoms with Gasteiger partial charge < -0.3 is 10.1 Å². The maximum atomic E-state index is 12.7. The van der Waals surface area contributed by atoms with Crippen LogP contribution in [0.15, 0.2) is 66.7 Å². The number of nitrogens with one attached hydrogen (secondary N) is 1. The summed E-state index contributed by atoms with van der Waals surface area (Å²) in [6, 6.07) is 19.0. The van der Waals surface area contributed by atoms with Gasteiger partial charge in [-0.1, -0.05) is 38.1 Å². The molecule has 1 aliphatic rings. The Kier molecular flexibility index (Phi) is 5.19. The summed E-state index contributed by atoms with van der Waals surface area (Å²) in [6.07, 6.45) is 0. The number of amides is 1. The summed E-state index contributed by atoms with van der Waals surface area (Å²) in [4.78, 5) is 37.2. The summed E-state index contributed by atoms with van der Waals surface area (Å²) >= 11 is 0. The van der Waals surface area contributed by atoms with Crippen LogP contribution in [0, 0.1) is 5.92 Å². The van der Waals surface area contributed by atoms with Gasteiger partial charge in [0.1, 0.15) is 0 Å². The minimum Gasteiger partial charge on any atom is -0.462 e. The number of benzene rings is 3. The van der Waals surface area contributed by atoms with Crippen LogP contribution in [0.25, 0.3) is 11.1 Å². The van der Waals surface area contributed by atoms with Crippen molar-refractivity contribution in [3.05, 3.63) is 89.0 Å². The van der Waals surface area contributed by atoms with Crippen molar-refractivity contribution in [1.29, 1.82) is 0 Å². The monoisotopic (exact) mass is 399 g/mol. The number of carbonyl (C=O) groups is 3. The minimum absolute atomic E-state index is 0.0208. The van der Waals surface area contributed by atoms with Gasteiger partial charge >= 0.3 is 5.97 Å². The van der Waals surface area contributed by atoms with E-state index in [1.165, 1.54) is 0 Å². The van der Waals surface area contributed by atoms with Crippen molar-refractivity contribution in [3.63, 3.8) is 0 Å². The molecule has 3 aromatic rings. The highest BCUT2D eigenvalue weighted by molar-refractivity contribution is 6.22. The first-order valence-electron chi connectivity index (χ1n) is 9.80. The van der Waals surface area contributed by atoms with E-state index in [0.29, 0.717) is 34.5 Å². The van der Waals surface area contributed by atoms with E-state index in [1.54, 1.807) is 48.5 Å². The number of fused-ring (bicyclic) bond motifs is 3. The third-order valence-electron chi connectivity index (χ3n) is 4.91. The van der Waals surface area contributed by atoms with E-state index < -0.39 is 0 Å².